The average Bonchev–Trinajstić information content (AvgIpc) is 3.05. The molecule has 0 radical (unpaired) electrons. The standard InChI is InChI=1S/C14H17N7O/c1-20(2)14-18-13(22-19-14)10-3-7-21(8-4-10)12-11(9-15)16-5-6-17-12/h5-6,10H,3-4,7-8H2,1-2H3. The Morgan fingerprint density at radius 2 is 2.00 bits per heavy atom. The Bertz CT molecular complexity index is 682. The number of nitriles is 1. The largest absolute Gasteiger partial charge is 0.354 e. The summed E-state index contributed by atoms with van der Waals surface area (Å²) in [6.45, 7) is 1.58. The molecule has 0 amide bonds. The van der Waals surface area contributed by atoms with Crippen molar-refractivity contribution in [2.45, 2.75) is 18.8 Å². The van der Waals surface area contributed by atoms with Gasteiger partial charge in [0.2, 0.25) is 5.89 Å². The molecule has 8 heteroatoms. The van der Waals surface area contributed by atoms with E-state index in [-0.39, 0.29) is 5.92 Å². The van der Waals surface area contributed by atoms with Crippen LogP contribution in [-0.4, -0.2) is 47.3 Å². The highest BCUT2D eigenvalue weighted by atomic mass is 16.5. The van der Waals surface area contributed by atoms with Gasteiger partial charge in [0.15, 0.2) is 11.5 Å². The van der Waals surface area contributed by atoms with Gasteiger partial charge in [-0.2, -0.15) is 10.2 Å². The molecule has 1 aliphatic heterocycles. The Labute approximate surface area is 128 Å². The summed E-state index contributed by atoms with van der Waals surface area (Å²) >= 11 is 0. The first kappa shape index (κ1) is 14.3. The van der Waals surface area contributed by atoms with E-state index >= 15 is 0 Å². The van der Waals surface area contributed by atoms with Gasteiger partial charge in [-0.1, -0.05) is 0 Å². The Hall–Kier alpha value is -2.69. The van der Waals surface area contributed by atoms with Crippen molar-refractivity contribution in [2.24, 2.45) is 0 Å². The van der Waals surface area contributed by atoms with Crippen molar-refractivity contribution in [2.75, 3.05) is 37.0 Å². The van der Waals surface area contributed by atoms with Crippen LogP contribution in [0.25, 0.3) is 0 Å². The topological polar surface area (TPSA) is 95.0 Å². The number of nitrogens with zero attached hydrogens (tertiary/aromatic N) is 7. The van der Waals surface area contributed by atoms with Crippen molar-refractivity contribution in [3.05, 3.63) is 24.0 Å². The third-order valence-corrected chi connectivity index (χ3v) is 3.76. The van der Waals surface area contributed by atoms with Crippen LogP contribution in [0.4, 0.5) is 11.8 Å². The van der Waals surface area contributed by atoms with E-state index in [2.05, 4.69) is 31.1 Å². The van der Waals surface area contributed by atoms with Crippen LogP contribution in [0, 0.1) is 11.3 Å². The van der Waals surface area contributed by atoms with Crippen LogP contribution in [0.3, 0.4) is 0 Å². The van der Waals surface area contributed by atoms with Crippen LogP contribution in [0.5, 0.6) is 0 Å². The number of aromatic nitrogens is 4. The summed E-state index contributed by atoms with van der Waals surface area (Å²) in [5.41, 5.74) is 0.369. The van der Waals surface area contributed by atoms with E-state index in [9.17, 15) is 0 Å². The predicted octanol–water partition coefficient (Wildman–Crippen LogP) is 1.18. The first-order chi connectivity index (χ1) is 10.7. The molecule has 0 atom stereocenters. The minimum Gasteiger partial charge on any atom is -0.354 e. The molecule has 1 fully saturated rings. The maximum Gasteiger partial charge on any atom is 0.265 e. The van der Waals surface area contributed by atoms with Gasteiger partial charge in [-0.05, 0) is 18.0 Å². The zero-order chi connectivity index (χ0) is 15.5. The van der Waals surface area contributed by atoms with Crippen molar-refractivity contribution in [1.29, 1.82) is 5.26 Å². The summed E-state index contributed by atoms with van der Waals surface area (Å²) in [5.74, 6) is 2.18. The number of piperidine rings is 1. The van der Waals surface area contributed by atoms with E-state index in [0.29, 0.717) is 23.4 Å². The highest BCUT2D eigenvalue weighted by molar-refractivity contribution is 5.49. The smallest absolute Gasteiger partial charge is 0.265 e. The van der Waals surface area contributed by atoms with E-state index in [4.69, 9.17) is 9.78 Å². The van der Waals surface area contributed by atoms with Gasteiger partial charge in [0.05, 0.1) is 0 Å². The van der Waals surface area contributed by atoms with Crippen molar-refractivity contribution < 1.29 is 4.52 Å². The first-order valence-corrected chi connectivity index (χ1v) is 7.16. The van der Waals surface area contributed by atoms with Gasteiger partial charge in [0, 0.05) is 45.5 Å². The Kier molecular flexibility index (Phi) is 3.87. The van der Waals surface area contributed by atoms with Gasteiger partial charge < -0.3 is 14.3 Å². The number of anilines is 2. The normalized spacial score (nSPS) is 15.6. The van der Waals surface area contributed by atoms with E-state index in [1.165, 1.54) is 6.20 Å². The maximum atomic E-state index is 9.12. The number of hydrogen-bond donors (Lipinski definition) is 0. The molecule has 3 rings (SSSR count). The molecule has 0 spiro atoms. The summed E-state index contributed by atoms with van der Waals surface area (Å²) < 4.78 is 5.35. The van der Waals surface area contributed by atoms with Gasteiger partial charge in [0.1, 0.15) is 6.07 Å². The second-order valence-corrected chi connectivity index (χ2v) is 5.43. The van der Waals surface area contributed by atoms with Gasteiger partial charge in [-0.15, -0.1) is 0 Å². The lowest BCUT2D eigenvalue weighted by Crippen LogP contribution is -2.34. The third-order valence-electron chi connectivity index (χ3n) is 3.76. The Balaban J connectivity index is 1.68. The van der Waals surface area contributed by atoms with Gasteiger partial charge in [-0.3, -0.25) is 0 Å². The predicted molar refractivity (Wildman–Crippen MR) is 79.6 cm³/mol. The van der Waals surface area contributed by atoms with Crippen molar-refractivity contribution in [3.8, 4) is 6.07 Å². The molecule has 8 nitrogen and oxygen atoms in total. The van der Waals surface area contributed by atoms with Crippen LogP contribution in [0.1, 0.15) is 30.3 Å². The number of rotatable bonds is 3. The Morgan fingerprint density at radius 1 is 1.27 bits per heavy atom. The van der Waals surface area contributed by atoms with Crippen molar-refractivity contribution in [3.63, 3.8) is 0 Å². The molecule has 0 aromatic carbocycles. The molecule has 1 saturated heterocycles. The molecule has 0 N–H and O–H groups in total. The van der Waals surface area contributed by atoms with E-state index in [1.54, 1.807) is 6.20 Å². The molecule has 2 aromatic rings. The fourth-order valence-electron chi connectivity index (χ4n) is 2.55. The quantitative estimate of drug-likeness (QED) is 0.833. The molecule has 22 heavy (non-hydrogen) atoms. The molecule has 0 unspecified atom stereocenters. The summed E-state index contributed by atoms with van der Waals surface area (Å²) in [5, 5.41) is 13.1. The van der Waals surface area contributed by atoms with Crippen molar-refractivity contribution >= 4 is 11.8 Å². The van der Waals surface area contributed by atoms with Gasteiger partial charge in [-0.25, -0.2) is 9.97 Å². The monoisotopic (exact) mass is 299 g/mol. The van der Waals surface area contributed by atoms with Crippen LogP contribution in [-0.2, 0) is 0 Å². The minimum atomic E-state index is 0.250. The molecule has 114 valence electrons. The summed E-state index contributed by atoms with van der Waals surface area (Å²) in [6, 6.07) is 2.09. The first-order valence-electron chi connectivity index (χ1n) is 7.16. The molecule has 3 heterocycles. The highest BCUT2D eigenvalue weighted by Gasteiger charge is 2.27. The van der Waals surface area contributed by atoms with Crippen molar-refractivity contribution in [1.82, 2.24) is 20.1 Å². The minimum absolute atomic E-state index is 0.250. The molecule has 0 saturated carbocycles. The summed E-state index contributed by atoms with van der Waals surface area (Å²) in [7, 11) is 3.77. The lowest BCUT2D eigenvalue weighted by Gasteiger charge is -2.31. The lowest BCUT2D eigenvalue weighted by molar-refractivity contribution is 0.329. The van der Waals surface area contributed by atoms with Crippen LogP contribution < -0.4 is 9.80 Å². The summed E-state index contributed by atoms with van der Waals surface area (Å²) in [4.78, 5) is 16.7. The second kappa shape index (κ2) is 5.97. The second-order valence-electron chi connectivity index (χ2n) is 5.43. The maximum absolute atomic E-state index is 9.12. The zero-order valence-electron chi connectivity index (χ0n) is 12.6. The molecule has 2 aromatic heterocycles. The number of hydrogen-bond acceptors (Lipinski definition) is 8. The SMILES string of the molecule is CN(C)c1noc(C2CCN(c3nccnc3C#N)CC2)n1. The van der Waals surface area contributed by atoms with E-state index in [0.717, 1.165) is 25.9 Å². The van der Waals surface area contributed by atoms with Gasteiger partial charge in [0.25, 0.3) is 5.95 Å². The average molecular weight is 299 g/mol. The molecular weight excluding hydrogens is 282 g/mol. The van der Waals surface area contributed by atoms with E-state index in [1.807, 2.05) is 19.0 Å². The van der Waals surface area contributed by atoms with Gasteiger partial charge >= 0.3 is 0 Å². The van der Waals surface area contributed by atoms with Crippen LogP contribution in [0.2, 0.25) is 0 Å². The van der Waals surface area contributed by atoms with E-state index < -0.39 is 0 Å². The molecule has 0 bridgehead atoms. The summed E-state index contributed by atoms with van der Waals surface area (Å²) in [6.07, 6.45) is 4.92. The fourth-order valence-corrected chi connectivity index (χ4v) is 2.55. The third kappa shape index (κ3) is 2.70. The van der Waals surface area contributed by atoms with Crippen LogP contribution in [0.15, 0.2) is 16.9 Å². The van der Waals surface area contributed by atoms with Crippen LogP contribution >= 0.6 is 0 Å². The molecule has 0 aliphatic carbocycles. The zero-order valence-corrected chi connectivity index (χ0v) is 12.6. The highest BCUT2D eigenvalue weighted by Crippen LogP contribution is 2.30. The molecular formula is C14H17N7O. The lowest BCUT2D eigenvalue weighted by atomic mass is 9.97. The fraction of sp³-hybridized carbons (Fsp3) is 0.500. The molecule has 1 aliphatic rings. The Morgan fingerprint density at radius 3 is 2.64 bits per heavy atom.